The summed E-state index contributed by atoms with van der Waals surface area (Å²) in [5.41, 5.74) is 13.6. The number of guanidine groups is 1. The number of benzene rings is 1. The van der Waals surface area contributed by atoms with E-state index in [-0.39, 0.29) is 5.96 Å². The normalized spacial score (nSPS) is 10.4. The Hall–Kier alpha value is -1.84. The smallest absolute Gasteiger partial charge is 0.211 e. The standard InChI is InChI=1S/C10H14N4/c1-7-3-4-8(2)9(5-7)6-13-14-10(11)12/h3-6H,1-2H3,(H4,11,12,14). The second kappa shape index (κ2) is 4.41. The zero-order valence-corrected chi connectivity index (χ0v) is 8.36. The molecule has 0 aromatic heterocycles. The van der Waals surface area contributed by atoms with E-state index < -0.39 is 0 Å². The Morgan fingerprint density at radius 2 is 2.00 bits per heavy atom. The molecule has 0 aliphatic rings. The fraction of sp³-hybridized carbons (Fsp3) is 0.200. The Bertz CT molecular complexity index is 376. The lowest BCUT2D eigenvalue weighted by Crippen LogP contribution is -2.21. The predicted molar refractivity (Wildman–Crippen MR) is 59.3 cm³/mol. The highest BCUT2D eigenvalue weighted by atomic mass is 15.3. The van der Waals surface area contributed by atoms with E-state index in [9.17, 15) is 0 Å². The highest BCUT2D eigenvalue weighted by Gasteiger charge is 1.94. The molecule has 0 aliphatic heterocycles. The maximum atomic E-state index is 5.14. The van der Waals surface area contributed by atoms with Gasteiger partial charge >= 0.3 is 0 Å². The summed E-state index contributed by atoms with van der Waals surface area (Å²) in [6, 6.07) is 6.11. The molecule has 0 aliphatic carbocycles. The first-order chi connectivity index (χ1) is 6.59. The molecule has 0 heterocycles. The maximum Gasteiger partial charge on any atom is 0.211 e. The van der Waals surface area contributed by atoms with Crippen molar-refractivity contribution in [3.05, 3.63) is 34.9 Å². The lowest BCUT2D eigenvalue weighted by atomic mass is 10.1. The van der Waals surface area contributed by atoms with Crippen molar-refractivity contribution in [2.45, 2.75) is 13.8 Å². The molecule has 74 valence electrons. The number of nitrogens with zero attached hydrogens (tertiary/aromatic N) is 2. The molecular weight excluding hydrogens is 176 g/mol. The Morgan fingerprint density at radius 3 is 2.64 bits per heavy atom. The number of hydrogen-bond donors (Lipinski definition) is 2. The van der Waals surface area contributed by atoms with Crippen LogP contribution in [0.15, 0.2) is 28.4 Å². The van der Waals surface area contributed by atoms with Gasteiger partial charge in [0.25, 0.3) is 0 Å². The zero-order valence-electron chi connectivity index (χ0n) is 8.36. The summed E-state index contributed by atoms with van der Waals surface area (Å²) in [6.45, 7) is 4.04. The summed E-state index contributed by atoms with van der Waals surface area (Å²) in [5, 5.41) is 7.29. The van der Waals surface area contributed by atoms with Crippen molar-refractivity contribution in [2.75, 3.05) is 0 Å². The molecule has 1 aromatic carbocycles. The second-order valence-electron chi connectivity index (χ2n) is 3.13. The van der Waals surface area contributed by atoms with Crippen molar-refractivity contribution in [1.29, 1.82) is 0 Å². The van der Waals surface area contributed by atoms with Gasteiger partial charge in [-0.25, -0.2) is 0 Å². The van der Waals surface area contributed by atoms with Gasteiger partial charge in [0.1, 0.15) is 0 Å². The maximum absolute atomic E-state index is 5.14. The second-order valence-corrected chi connectivity index (χ2v) is 3.13. The van der Waals surface area contributed by atoms with Crippen molar-refractivity contribution in [2.24, 2.45) is 21.7 Å². The van der Waals surface area contributed by atoms with Crippen molar-refractivity contribution in [3.8, 4) is 0 Å². The topological polar surface area (TPSA) is 76.8 Å². The third kappa shape index (κ3) is 2.90. The van der Waals surface area contributed by atoms with Crippen LogP contribution in [0.3, 0.4) is 0 Å². The van der Waals surface area contributed by atoms with E-state index in [4.69, 9.17) is 11.5 Å². The van der Waals surface area contributed by atoms with Crippen LogP contribution >= 0.6 is 0 Å². The van der Waals surface area contributed by atoms with Crippen molar-refractivity contribution >= 4 is 12.2 Å². The van der Waals surface area contributed by atoms with E-state index in [1.807, 2.05) is 32.0 Å². The van der Waals surface area contributed by atoms with Crippen LogP contribution in [-0.4, -0.2) is 12.2 Å². The number of hydrogen-bond acceptors (Lipinski definition) is 2. The molecule has 0 fully saturated rings. The van der Waals surface area contributed by atoms with Crippen LogP contribution in [-0.2, 0) is 0 Å². The third-order valence-corrected chi connectivity index (χ3v) is 1.80. The molecule has 0 bridgehead atoms. The highest BCUT2D eigenvalue weighted by molar-refractivity contribution is 5.83. The minimum atomic E-state index is -0.0356. The van der Waals surface area contributed by atoms with E-state index in [1.165, 1.54) is 5.56 Å². The van der Waals surface area contributed by atoms with Crippen molar-refractivity contribution in [3.63, 3.8) is 0 Å². The molecular formula is C10H14N4. The van der Waals surface area contributed by atoms with Crippen LogP contribution in [0.1, 0.15) is 16.7 Å². The van der Waals surface area contributed by atoms with E-state index in [2.05, 4.69) is 10.2 Å². The van der Waals surface area contributed by atoms with Gasteiger partial charge in [0.05, 0.1) is 6.21 Å². The number of rotatable bonds is 2. The Balaban J connectivity index is 2.91. The van der Waals surface area contributed by atoms with Gasteiger partial charge < -0.3 is 11.5 Å². The quantitative estimate of drug-likeness (QED) is 0.413. The van der Waals surface area contributed by atoms with Crippen LogP contribution < -0.4 is 11.5 Å². The minimum Gasteiger partial charge on any atom is -0.369 e. The van der Waals surface area contributed by atoms with Crippen molar-refractivity contribution in [1.82, 2.24) is 0 Å². The van der Waals surface area contributed by atoms with Gasteiger partial charge in [0.15, 0.2) is 0 Å². The monoisotopic (exact) mass is 190 g/mol. The number of aryl methyl sites for hydroxylation is 2. The molecule has 4 N–H and O–H groups in total. The number of nitrogens with two attached hydrogens (primary N) is 2. The summed E-state index contributed by atoms with van der Waals surface area (Å²) in [5.74, 6) is -0.0356. The summed E-state index contributed by atoms with van der Waals surface area (Å²) in [6.07, 6.45) is 1.64. The molecule has 1 rings (SSSR count). The summed E-state index contributed by atoms with van der Waals surface area (Å²) >= 11 is 0. The van der Waals surface area contributed by atoms with Crippen LogP contribution in [0, 0.1) is 13.8 Å². The molecule has 0 amide bonds. The zero-order chi connectivity index (χ0) is 10.6. The van der Waals surface area contributed by atoms with Gasteiger partial charge in [-0.05, 0) is 25.0 Å². The van der Waals surface area contributed by atoms with Gasteiger partial charge in [-0.2, -0.15) is 5.10 Å². The molecule has 0 spiro atoms. The highest BCUT2D eigenvalue weighted by Crippen LogP contribution is 2.07. The Kier molecular flexibility index (Phi) is 3.23. The van der Waals surface area contributed by atoms with E-state index in [0.29, 0.717) is 0 Å². The first kappa shape index (κ1) is 10.2. The van der Waals surface area contributed by atoms with E-state index >= 15 is 0 Å². The van der Waals surface area contributed by atoms with Crippen LogP contribution in [0.5, 0.6) is 0 Å². The summed E-state index contributed by atoms with van der Waals surface area (Å²) in [7, 11) is 0. The van der Waals surface area contributed by atoms with E-state index in [0.717, 1.165) is 11.1 Å². The largest absolute Gasteiger partial charge is 0.369 e. The van der Waals surface area contributed by atoms with E-state index in [1.54, 1.807) is 6.21 Å². The molecule has 0 saturated carbocycles. The van der Waals surface area contributed by atoms with Gasteiger partial charge in [-0.15, -0.1) is 5.10 Å². The fourth-order valence-electron chi connectivity index (χ4n) is 1.06. The van der Waals surface area contributed by atoms with Crippen LogP contribution in [0.2, 0.25) is 0 Å². The Labute approximate surface area is 83.3 Å². The van der Waals surface area contributed by atoms with Gasteiger partial charge in [0.2, 0.25) is 5.96 Å². The van der Waals surface area contributed by atoms with Crippen LogP contribution in [0.4, 0.5) is 0 Å². The first-order valence-electron chi connectivity index (χ1n) is 4.29. The fourth-order valence-corrected chi connectivity index (χ4v) is 1.06. The molecule has 14 heavy (non-hydrogen) atoms. The summed E-state index contributed by atoms with van der Waals surface area (Å²) in [4.78, 5) is 0. The van der Waals surface area contributed by atoms with Crippen LogP contribution in [0.25, 0.3) is 0 Å². The minimum absolute atomic E-state index is 0.0356. The SMILES string of the molecule is Cc1ccc(C)c(C=NN=C(N)N)c1. The Morgan fingerprint density at radius 1 is 1.29 bits per heavy atom. The molecule has 0 atom stereocenters. The average molecular weight is 190 g/mol. The lowest BCUT2D eigenvalue weighted by molar-refractivity contribution is 1.21. The predicted octanol–water partition coefficient (Wildman–Crippen LogP) is 0.911. The molecule has 4 heteroatoms. The first-order valence-corrected chi connectivity index (χ1v) is 4.29. The molecule has 4 nitrogen and oxygen atoms in total. The lowest BCUT2D eigenvalue weighted by Gasteiger charge is -1.99. The molecule has 1 aromatic rings. The van der Waals surface area contributed by atoms with Gasteiger partial charge in [-0.1, -0.05) is 23.8 Å². The average Bonchev–Trinajstić information content (AvgIpc) is 2.10. The van der Waals surface area contributed by atoms with Gasteiger partial charge in [0, 0.05) is 0 Å². The molecule has 0 saturated heterocycles. The summed E-state index contributed by atoms with van der Waals surface area (Å²) < 4.78 is 0. The third-order valence-electron chi connectivity index (χ3n) is 1.80. The molecule has 0 radical (unpaired) electrons. The molecule has 0 unspecified atom stereocenters. The van der Waals surface area contributed by atoms with Crippen molar-refractivity contribution < 1.29 is 0 Å². The van der Waals surface area contributed by atoms with Gasteiger partial charge in [-0.3, -0.25) is 0 Å².